The number of hydrogen-bond donors (Lipinski definition) is 0. The normalized spacial score (nSPS) is 12.5. The Morgan fingerprint density at radius 3 is 1.19 bits per heavy atom. The van der Waals surface area contributed by atoms with E-state index < -0.39 is 6.10 Å². The van der Waals surface area contributed by atoms with Crippen molar-refractivity contribution in [1.29, 1.82) is 0 Å². The molecule has 0 saturated heterocycles. The van der Waals surface area contributed by atoms with E-state index in [2.05, 4.69) is 81.5 Å². The van der Waals surface area contributed by atoms with Crippen LogP contribution in [0.25, 0.3) is 0 Å². The molecule has 328 valence electrons. The largest absolute Gasteiger partial charge is 0.462 e. The first-order valence-electron chi connectivity index (χ1n) is 23.8. The molecule has 0 rings (SSSR count). The van der Waals surface area contributed by atoms with Gasteiger partial charge in [0, 0.05) is 19.3 Å². The van der Waals surface area contributed by atoms with Crippen molar-refractivity contribution < 1.29 is 28.6 Å². The first kappa shape index (κ1) is 54.1. The highest BCUT2D eigenvalue weighted by Crippen LogP contribution is 2.15. The van der Waals surface area contributed by atoms with Crippen LogP contribution in [0.3, 0.4) is 0 Å². The predicted molar refractivity (Wildman–Crippen MR) is 242 cm³/mol. The molecule has 0 bridgehead atoms. The van der Waals surface area contributed by atoms with E-state index in [1.54, 1.807) is 0 Å². The molecule has 6 nitrogen and oxygen atoms in total. The molecule has 1 atom stereocenters. The van der Waals surface area contributed by atoms with Crippen LogP contribution in [0.15, 0.2) is 60.8 Å². The summed E-state index contributed by atoms with van der Waals surface area (Å²) in [5.41, 5.74) is 0. The van der Waals surface area contributed by atoms with Gasteiger partial charge in [0.25, 0.3) is 0 Å². The summed E-state index contributed by atoms with van der Waals surface area (Å²) < 4.78 is 16.7. The molecule has 0 aromatic rings. The standard InChI is InChI=1S/C51H88O6/c1-4-7-10-13-16-19-22-24-26-28-29-32-35-38-41-44-50(53)56-47-48(46-55-49(52)43-40-37-34-31-21-18-15-12-9-6-3)57-51(54)45-42-39-36-33-30-27-25-23-20-17-14-11-8-5-2/h7,10,12,15-16,19,24,26,29,32,48H,4-6,8-9,11,13-14,17-18,20-23,25,27-28,30-31,33-47H2,1-3H3/b10-7-,15-12-,19-16-,26-24-,32-29-. The number of carbonyl (C=O) groups excluding carboxylic acids is 3. The lowest BCUT2D eigenvalue weighted by atomic mass is 10.0. The molecular formula is C51H88O6. The van der Waals surface area contributed by atoms with Gasteiger partial charge in [0.15, 0.2) is 6.10 Å². The fourth-order valence-corrected chi connectivity index (χ4v) is 6.43. The van der Waals surface area contributed by atoms with Crippen LogP contribution in [0, 0.1) is 0 Å². The zero-order valence-corrected chi connectivity index (χ0v) is 37.3. The van der Waals surface area contributed by atoms with Crippen molar-refractivity contribution in [3.8, 4) is 0 Å². The van der Waals surface area contributed by atoms with Crippen molar-refractivity contribution in [3.05, 3.63) is 60.8 Å². The summed E-state index contributed by atoms with van der Waals surface area (Å²) in [4.78, 5) is 37.8. The highest BCUT2D eigenvalue weighted by atomic mass is 16.6. The molecule has 1 unspecified atom stereocenters. The first-order chi connectivity index (χ1) is 28.0. The maximum Gasteiger partial charge on any atom is 0.306 e. The second kappa shape index (κ2) is 45.8. The zero-order valence-electron chi connectivity index (χ0n) is 37.3. The fourth-order valence-electron chi connectivity index (χ4n) is 6.43. The lowest BCUT2D eigenvalue weighted by Crippen LogP contribution is -2.30. The molecular weight excluding hydrogens is 709 g/mol. The van der Waals surface area contributed by atoms with E-state index in [0.29, 0.717) is 19.3 Å². The molecule has 0 aliphatic carbocycles. The minimum atomic E-state index is -0.790. The average Bonchev–Trinajstić information content (AvgIpc) is 3.21. The lowest BCUT2D eigenvalue weighted by molar-refractivity contribution is -0.167. The van der Waals surface area contributed by atoms with Gasteiger partial charge in [-0.3, -0.25) is 14.4 Å². The molecule has 0 amide bonds. The Hall–Kier alpha value is -2.89. The van der Waals surface area contributed by atoms with Crippen LogP contribution in [0.1, 0.15) is 226 Å². The summed E-state index contributed by atoms with van der Waals surface area (Å²) in [7, 11) is 0. The average molecular weight is 797 g/mol. The van der Waals surface area contributed by atoms with E-state index in [1.165, 1.54) is 89.9 Å². The number of ether oxygens (including phenoxy) is 3. The highest BCUT2D eigenvalue weighted by molar-refractivity contribution is 5.71. The smallest absolute Gasteiger partial charge is 0.306 e. The molecule has 0 radical (unpaired) electrons. The maximum atomic E-state index is 12.7. The Kier molecular flexibility index (Phi) is 43.5. The van der Waals surface area contributed by atoms with E-state index in [1.807, 2.05) is 0 Å². The summed E-state index contributed by atoms with van der Waals surface area (Å²) in [5.74, 6) is -0.943. The van der Waals surface area contributed by atoms with Gasteiger partial charge >= 0.3 is 17.9 Å². The van der Waals surface area contributed by atoms with Crippen LogP contribution in [-0.2, 0) is 28.6 Å². The van der Waals surface area contributed by atoms with E-state index >= 15 is 0 Å². The van der Waals surface area contributed by atoms with Crippen LogP contribution in [0.2, 0.25) is 0 Å². The van der Waals surface area contributed by atoms with Gasteiger partial charge in [0.2, 0.25) is 0 Å². The molecule has 0 spiro atoms. The van der Waals surface area contributed by atoms with Crippen molar-refractivity contribution in [1.82, 2.24) is 0 Å². The number of hydrogen-bond acceptors (Lipinski definition) is 6. The third kappa shape index (κ3) is 44.1. The second-order valence-electron chi connectivity index (χ2n) is 15.6. The quantitative estimate of drug-likeness (QED) is 0.0265. The minimum absolute atomic E-state index is 0.0908. The summed E-state index contributed by atoms with van der Waals surface area (Å²) in [5, 5.41) is 0. The van der Waals surface area contributed by atoms with Gasteiger partial charge in [0.1, 0.15) is 13.2 Å². The van der Waals surface area contributed by atoms with Crippen LogP contribution >= 0.6 is 0 Å². The molecule has 0 aliphatic heterocycles. The Labute approximate surface area is 351 Å². The summed E-state index contributed by atoms with van der Waals surface area (Å²) in [6.07, 6.45) is 54.9. The van der Waals surface area contributed by atoms with Crippen molar-refractivity contribution in [2.24, 2.45) is 0 Å². The van der Waals surface area contributed by atoms with E-state index in [0.717, 1.165) is 96.3 Å². The molecule has 0 fully saturated rings. The van der Waals surface area contributed by atoms with Gasteiger partial charge in [-0.25, -0.2) is 0 Å². The SMILES string of the molecule is CC/C=C\C/C=C\C/C=C\C/C=C\CCCCC(=O)OCC(COC(=O)CCCCCCC/C=C\CCC)OC(=O)CCCCCCCCCCCCCCCC. The maximum absolute atomic E-state index is 12.7. The highest BCUT2D eigenvalue weighted by Gasteiger charge is 2.19. The molecule has 0 N–H and O–H groups in total. The molecule has 57 heavy (non-hydrogen) atoms. The summed E-state index contributed by atoms with van der Waals surface area (Å²) >= 11 is 0. The van der Waals surface area contributed by atoms with E-state index in [9.17, 15) is 14.4 Å². The fraction of sp³-hybridized carbons (Fsp3) is 0.745. The van der Waals surface area contributed by atoms with Crippen molar-refractivity contribution in [3.63, 3.8) is 0 Å². The Balaban J connectivity index is 4.43. The third-order valence-corrected chi connectivity index (χ3v) is 9.99. The van der Waals surface area contributed by atoms with Crippen molar-refractivity contribution >= 4 is 17.9 Å². The van der Waals surface area contributed by atoms with Crippen LogP contribution < -0.4 is 0 Å². The number of esters is 3. The Morgan fingerprint density at radius 2 is 0.719 bits per heavy atom. The van der Waals surface area contributed by atoms with Gasteiger partial charge in [0.05, 0.1) is 0 Å². The molecule has 0 saturated carbocycles. The summed E-state index contributed by atoms with van der Waals surface area (Å²) in [6, 6.07) is 0. The monoisotopic (exact) mass is 797 g/mol. The number of unbranched alkanes of at least 4 members (excludes halogenated alkanes) is 21. The van der Waals surface area contributed by atoms with Gasteiger partial charge in [-0.15, -0.1) is 0 Å². The number of rotatable bonds is 42. The molecule has 6 heteroatoms. The second-order valence-corrected chi connectivity index (χ2v) is 15.6. The molecule has 0 heterocycles. The minimum Gasteiger partial charge on any atom is -0.462 e. The van der Waals surface area contributed by atoms with Crippen molar-refractivity contribution in [2.45, 2.75) is 232 Å². The van der Waals surface area contributed by atoms with Crippen LogP contribution in [0.4, 0.5) is 0 Å². The topological polar surface area (TPSA) is 78.9 Å². The summed E-state index contributed by atoms with van der Waals surface area (Å²) in [6.45, 7) is 6.41. The van der Waals surface area contributed by atoms with E-state index in [-0.39, 0.29) is 31.1 Å². The Bertz CT molecular complexity index is 1050. The van der Waals surface area contributed by atoms with Gasteiger partial charge < -0.3 is 14.2 Å². The Morgan fingerprint density at radius 1 is 0.368 bits per heavy atom. The zero-order chi connectivity index (χ0) is 41.5. The van der Waals surface area contributed by atoms with Crippen molar-refractivity contribution in [2.75, 3.05) is 13.2 Å². The molecule has 0 aromatic carbocycles. The third-order valence-electron chi connectivity index (χ3n) is 9.99. The van der Waals surface area contributed by atoms with Gasteiger partial charge in [-0.1, -0.05) is 191 Å². The van der Waals surface area contributed by atoms with Gasteiger partial charge in [-0.05, 0) is 77.0 Å². The molecule has 0 aliphatic rings. The molecule has 0 aromatic heterocycles. The van der Waals surface area contributed by atoms with Gasteiger partial charge in [-0.2, -0.15) is 0 Å². The predicted octanol–water partition coefficient (Wildman–Crippen LogP) is 15.3. The lowest BCUT2D eigenvalue weighted by Gasteiger charge is -2.18. The first-order valence-corrected chi connectivity index (χ1v) is 23.8. The number of allylic oxidation sites excluding steroid dienone is 10. The van der Waals surface area contributed by atoms with E-state index in [4.69, 9.17) is 14.2 Å². The van der Waals surface area contributed by atoms with Crippen LogP contribution in [-0.4, -0.2) is 37.2 Å². The number of carbonyl (C=O) groups is 3. The van der Waals surface area contributed by atoms with Crippen LogP contribution in [0.5, 0.6) is 0 Å².